The zero-order chi connectivity index (χ0) is 25.5. The second-order valence-electron chi connectivity index (χ2n) is 9.66. The van der Waals surface area contributed by atoms with Crippen molar-refractivity contribution in [3.63, 3.8) is 0 Å². The zero-order valence-corrected chi connectivity index (χ0v) is 20.5. The van der Waals surface area contributed by atoms with Gasteiger partial charge >= 0.3 is 12.1 Å². The van der Waals surface area contributed by atoms with Gasteiger partial charge in [-0.15, -0.1) is 0 Å². The van der Waals surface area contributed by atoms with Crippen molar-refractivity contribution in [2.45, 2.75) is 70.4 Å². The van der Waals surface area contributed by atoms with Crippen LogP contribution in [0.3, 0.4) is 0 Å². The number of nitrogens with zero attached hydrogens (tertiary/aromatic N) is 1. The molecule has 8 heteroatoms. The van der Waals surface area contributed by atoms with Gasteiger partial charge in [-0.05, 0) is 51.2 Å². The predicted octanol–water partition coefficient (Wildman–Crippen LogP) is 3.57. The Bertz CT molecular complexity index is 1010. The number of ether oxygens (including phenoxy) is 2. The Labute approximate surface area is 206 Å². The number of rotatable bonds is 8. The molecule has 2 atom stereocenters. The van der Waals surface area contributed by atoms with Gasteiger partial charge in [0.1, 0.15) is 12.2 Å². The van der Waals surface area contributed by atoms with E-state index >= 15 is 0 Å². The van der Waals surface area contributed by atoms with Crippen molar-refractivity contribution < 1.29 is 29.0 Å². The molecular formula is C27H34N2O6. The molecule has 2 N–H and O–H groups in total. The van der Waals surface area contributed by atoms with Crippen LogP contribution in [0.1, 0.15) is 51.2 Å². The Morgan fingerprint density at radius 1 is 1.03 bits per heavy atom. The van der Waals surface area contributed by atoms with Crippen LogP contribution in [0.25, 0.3) is 0 Å². The van der Waals surface area contributed by atoms with Gasteiger partial charge in [0, 0.05) is 13.0 Å². The number of hydrogen-bond acceptors (Lipinski definition) is 6. The molecule has 0 saturated carbocycles. The third-order valence-electron chi connectivity index (χ3n) is 5.74. The summed E-state index contributed by atoms with van der Waals surface area (Å²) in [4.78, 5) is 39.8. The van der Waals surface area contributed by atoms with E-state index in [4.69, 9.17) is 9.47 Å². The van der Waals surface area contributed by atoms with Crippen LogP contribution in [0.15, 0.2) is 60.7 Å². The van der Waals surface area contributed by atoms with Crippen molar-refractivity contribution in [3.8, 4) is 0 Å². The maximum atomic E-state index is 13.1. The van der Waals surface area contributed by atoms with E-state index in [2.05, 4.69) is 5.32 Å². The average molecular weight is 483 g/mol. The molecule has 1 fully saturated rings. The molecule has 1 aliphatic heterocycles. The van der Waals surface area contributed by atoms with E-state index in [1.54, 1.807) is 20.8 Å². The third kappa shape index (κ3) is 7.05. The van der Waals surface area contributed by atoms with Gasteiger partial charge in [0.2, 0.25) is 5.91 Å². The summed E-state index contributed by atoms with van der Waals surface area (Å²) < 4.78 is 10.7. The molecule has 8 nitrogen and oxygen atoms in total. The van der Waals surface area contributed by atoms with Crippen LogP contribution in [0.5, 0.6) is 0 Å². The summed E-state index contributed by atoms with van der Waals surface area (Å²) in [6.45, 7) is 5.15. The number of alkyl carbamates (subject to hydrolysis) is 1. The highest BCUT2D eigenvalue weighted by atomic mass is 16.6. The highest BCUT2D eigenvalue weighted by Crippen LogP contribution is 2.31. The largest absolute Gasteiger partial charge is 0.456 e. The van der Waals surface area contributed by atoms with Crippen LogP contribution in [0.2, 0.25) is 0 Å². The van der Waals surface area contributed by atoms with Crippen LogP contribution in [-0.4, -0.2) is 51.9 Å². The monoisotopic (exact) mass is 482 g/mol. The molecule has 1 aliphatic rings. The van der Waals surface area contributed by atoms with Crippen LogP contribution in [0, 0.1) is 0 Å². The first-order valence-electron chi connectivity index (χ1n) is 11.9. The van der Waals surface area contributed by atoms with E-state index in [1.807, 2.05) is 60.7 Å². The smallest absolute Gasteiger partial charge is 0.407 e. The molecule has 188 valence electrons. The average Bonchev–Trinajstić information content (AvgIpc) is 3.15. The van der Waals surface area contributed by atoms with Gasteiger partial charge < -0.3 is 24.8 Å². The number of benzene rings is 2. The highest BCUT2D eigenvalue weighted by molar-refractivity contribution is 5.89. The minimum Gasteiger partial charge on any atom is -0.456 e. The molecule has 1 saturated heterocycles. The summed E-state index contributed by atoms with van der Waals surface area (Å²) in [5.41, 5.74) is -1.32. The SMILES string of the molecule is CC(C)(C)OC(=O)[C@@]1(O)[C@@H](NC(=O)OCc2ccccc2)CCN1C(=O)CCCc1ccccc1. The van der Waals surface area contributed by atoms with Gasteiger partial charge in [0.05, 0.1) is 6.04 Å². The maximum absolute atomic E-state index is 13.1. The number of aryl methyl sites for hydroxylation is 1. The number of likely N-dealkylation sites (tertiary alicyclic amines) is 1. The molecule has 2 amide bonds. The molecule has 0 unspecified atom stereocenters. The standard InChI is InChI=1S/C27H34N2O6/c1-26(2,3)35-24(31)27(33)22(28-25(32)34-19-21-13-8-5-9-14-21)17-18-29(27)23(30)16-10-15-20-11-6-4-7-12-20/h4-9,11-14,22,33H,10,15-19H2,1-3H3,(H,28,32)/t22-,27-/m0/s1. The topological polar surface area (TPSA) is 105 Å². The molecule has 2 aromatic carbocycles. The molecule has 0 bridgehead atoms. The molecule has 0 radical (unpaired) electrons. The quantitative estimate of drug-likeness (QED) is 0.558. The fraction of sp³-hybridized carbons (Fsp3) is 0.444. The molecule has 35 heavy (non-hydrogen) atoms. The second kappa shape index (κ2) is 11.4. The number of carbonyl (C=O) groups is 3. The van der Waals surface area contributed by atoms with Gasteiger partial charge in [-0.3, -0.25) is 4.79 Å². The summed E-state index contributed by atoms with van der Waals surface area (Å²) >= 11 is 0. The molecule has 0 aromatic heterocycles. The van der Waals surface area contributed by atoms with Crippen molar-refractivity contribution in [2.75, 3.05) is 6.54 Å². The summed E-state index contributed by atoms with van der Waals surface area (Å²) in [6, 6.07) is 17.8. The lowest BCUT2D eigenvalue weighted by atomic mass is 10.0. The van der Waals surface area contributed by atoms with Crippen LogP contribution in [-0.2, 0) is 32.1 Å². The number of nitrogens with one attached hydrogen (secondary N) is 1. The van der Waals surface area contributed by atoms with Crippen molar-refractivity contribution in [2.24, 2.45) is 0 Å². The Morgan fingerprint density at radius 3 is 2.23 bits per heavy atom. The molecule has 2 aromatic rings. The number of aliphatic hydroxyl groups is 1. The van der Waals surface area contributed by atoms with Crippen molar-refractivity contribution in [3.05, 3.63) is 71.8 Å². The first-order valence-corrected chi connectivity index (χ1v) is 11.9. The summed E-state index contributed by atoms with van der Waals surface area (Å²) in [5.74, 6) is -1.36. The minimum atomic E-state index is -2.33. The van der Waals surface area contributed by atoms with E-state index < -0.39 is 29.4 Å². The Kier molecular flexibility index (Phi) is 8.51. The van der Waals surface area contributed by atoms with Crippen LogP contribution >= 0.6 is 0 Å². The fourth-order valence-corrected chi connectivity index (χ4v) is 4.04. The first kappa shape index (κ1) is 26.2. The van der Waals surface area contributed by atoms with E-state index in [1.165, 1.54) is 0 Å². The number of carbonyl (C=O) groups excluding carboxylic acids is 3. The van der Waals surface area contributed by atoms with Gasteiger partial charge in [-0.2, -0.15) is 0 Å². The summed E-state index contributed by atoms with van der Waals surface area (Å²) in [7, 11) is 0. The second-order valence-corrected chi connectivity index (χ2v) is 9.66. The molecule has 3 rings (SSSR count). The third-order valence-corrected chi connectivity index (χ3v) is 5.74. The van der Waals surface area contributed by atoms with Gasteiger partial charge in [0.15, 0.2) is 0 Å². The van der Waals surface area contributed by atoms with E-state index in [9.17, 15) is 19.5 Å². The normalized spacial score (nSPS) is 19.8. The molecule has 0 spiro atoms. The minimum absolute atomic E-state index is 0.0341. The number of amides is 2. The lowest BCUT2D eigenvalue weighted by Gasteiger charge is -2.37. The van der Waals surface area contributed by atoms with E-state index in [0.29, 0.717) is 12.8 Å². The van der Waals surface area contributed by atoms with Crippen LogP contribution in [0.4, 0.5) is 4.79 Å². The van der Waals surface area contributed by atoms with Gasteiger partial charge in [0.25, 0.3) is 5.72 Å². The maximum Gasteiger partial charge on any atom is 0.407 e. The summed E-state index contributed by atoms with van der Waals surface area (Å²) in [6.07, 6.45) is 0.783. The first-order chi connectivity index (χ1) is 16.6. The highest BCUT2D eigenvalue weighted by Gasteiger charge is 2.58. The zero-order valence-electron chi connectivity index (χ0n) is 20.5. The van der Waals surface area contributed by atoms with Gasteiger partial charge in [-0.1, -0.05) is 60.7 Å². The predicted molar refractivity (Wildman–Crippen MR) is 130 cm³/mol. The lowest BCUT2D eigenvalue weighted by Crippen LogP contribution is -2.64. The Balaban J connectivity index is 1.68. The van der Waals surface area contributed by atoms with E-state index in [-0.39, 0.29) is 31.9 Å². The van der Waals surface area contributed by atoms with E-state index in [0.717, 1.165) is 16.0 Å². The number of esters is 1. The number of hydrogen-bond donors (Lipinski definition) is 2. The Morgan fingerprint density at radius 2 is 1.63 bits per heavy atom. The van der Waals surface area contributed by atoms with Crippen LogP contribution < -0.4 is 5.32 Å². The van der Waals surface area contributed by atoms with Crippen molar-refractivity contribution >= 4 is 18.0 Å². The molecule has 1 heterocycles. The summed E-state index contributed by atoms with van der Waals surface area (Å²) in [5, 5.41) is 14.1. The lowest BCUT2D eigenvalue weighted by molar-refractivity contribution is -0.200. The molecular weight excluding hydrogens is 448 g/mol. The van der Waals surface area contributed by atoms with Crippen molar-refractivity contribution in [1.29, 1.82) is 0 Å². The molecule has 0 aliphatic carbocycles. The van der Waals surface area contributed by atoms with Crippen molar-refractivity contribution in [1.82, 2.24) is 10.2 Å². The fourth-order valence-electron chi connectivity index (χ4n) is 4.04. The Hall–Kier alpha value is -3.39. The van der Waals surface area contributed by atoms with Gasteiger partial charge in [-0.25, -0.2) is 9.59 Å².